The number of anilines is 1. The predicted molar refractivity (Wildman–Crippen MR) is 60.7 cm³/mol. The van der Waals surface area contributed by atoms with E-state index >= 15 is 0 Å². The van der Waals surface area contributed by atoms with Gasteiger partial charge in [0.2, 0.25) is 11.7 Å². The first-order valence-corrected chi connectivity index (χ1v) is 5.29. The minimum absolute atomic E-state index is 0.388. The summed E-state index contributed by atoms with van der Waals surface area (Å²) in [6.07, 6.45) is 0.986. The minimum atomic E-state index is 0.388. The number of methoxy groups -OCH3 is 1. The van der Waals surface area contributed by atoms with Crippen LogP contribution in [0.4, 0.5) is 6.01 Å². The molecule has 17 heavy (non-hydrogen) atoms. The van der Waals surface area contributed by atoms with E-state index in [0.29, 0.717) is 23.4 Å². The number of hydrogen-bond donors (Lipinski definition) is 1. The largest absolute Gasteiger partial charge is 0.480 e. The molecule has 0 unspecified atom stereocenters. The molecule has 1 N–H and O–H groups in total. The van der Waals surface area contributed by atoms with Crippen molar-refractivity contribution in [2.45, 2.75) is 13.3 Å². The number of aromatic nitrogens is 4. The third kappa shape index (κ3) is 2.68. The summed E-state index contributed by atoms with van der Waals surface area (Å²) in [6.45, 7) is 2.84. The molecule has 2 aromatic rings. The normalized spacial score (nSPS) is 10.2. The van der Waals surface area contributed by atoms with Crippen LogP contribution >= 0.6 is 0 Å². The lowest BCUT2D eigenvalue weighted by molar-refractivity contribution is 0.392. The molecule has 0 atom stereocenters. The van der Waals surface area contributed by atoms with Gasteiger partial charge in [-0.3, -0.25) is 0 Å². The third-order valence-electron chi connectivity index (χ3n) is 2.03. The fraction of sp³-hybridized carbons (Fsp3) is 0.400. The van der Waals surface area contributed by atoms with Crippen molar-refractivity contribution in [2.24, 2.45) is 0 Å². The summed E-state index contributed by atoms with van der Waals surface area (Å²) in [4.78, 5) is 4.14. The van der Waals surface area contributed by atoms with Crippen LogP contribution in [-0.4, -0.2) is 34.0 Å². The molecule has 0 aromatic carbocycles. The van der Waals surface area contributed by atoms with E-state index in [1.54, 1.807) is 12.1 Å². The summed E-state index contributed by atoms with van der Waals surface area (Å²) in [5.41, 5.74) is 0.541. The Morgan fingerprint density at radius 1 is 1.35 bits per heavy atom. The number of ether oxygens (including phenoxy) is 1. The highest BCUT2D eigenvalue weighted by Gasteiger charge is 2.09. The van der Waals surface area contributed by atoms with Crippen LogP contribution in [0.1, 0.15) is 13.3 Å². The molecule has 7 nitrogen and oxygen atoms in total. The van der Waals surface area contributed by atoms with Gasteiger partial charge < -0.3 is 14.6 Å². The van der Waals surface area contributed by atoms with Crippen molar-refractivity contribution in [3.8, 4) is 17.4 Å². The Labute approximate surface area is 98.2 Å². The van der Waals surface area contributed by atoms with E-state index in [9.17, 15) is 0 Å². The molecule has 0 saturated carbocycles. The minimum Gasteiger partial charge on any atom is -0.480 e. The van der Waals surface area contributed by atoms with Gasteiger partial charge in [0, 0.05) is 12.6 Å². The van der Waals surface area contributed by atoms with E-state index in [0.717, 1.165) is 13.0 Å². The lowest BCUT2D eigenvalue weighted by Crippen LogP contribution is -1.99. The van der Waals surface area contributed by atoms with Gasteiger partial charge in [0.1, 0.15) is 5.69 Å². The number of rotatable bonds is 5. The van der Waals surface area contributed by atoms with E-state index in [-0.39, 0.29) is 0 Å². The standard InChI is InChI=1S/C10H13N5O2/c1-3-6-11-10-12-9(15-17-10)7-4-5-8(16-2)14-13-7/h4-5H,3,6H2,1-2H3,(H,11,12,15). The Hall–Kier alpha value is -2.18. The van der Waals surface area contributed by atoms with Gasteiger partial charge in [-0.15, -0.1) is 10.2 Å². The zero-order valence-electron chi connectivity index (χ0n) is 9.67. The number of nitrogens with zero attached hydrogens (tertiary/aromatic N) is 4. The maximum Gasteiger partial charge on any atom is 0.321 e. The van der Waals surface area contributed by atoms with Crippen LogP contribution in [0, 0.1) is 0 Å². The molecule has 0 aliphatic rings. The summed E-state index contributed by atoms with van der Waals surface area (Å²) < 4.78 is 9.92. The maximum absolute atomic E-state index is 5.01. The van der Waals surface area contributed by atoms with Gasteiger partial charge in [-0.05, 0) is 12.5 Å². The van der Waals surface area contributed by atoms with Gasteiger partial charge in [0.15, 0.2) is 0 Å². The fourth-order valence-corrected chi connectivity index (χ4v) is 1.18. The molecule has 0 saturated heterocycles. The molecule has 0 fully saturated rings. The van der Waals surface area contributed by atoms with Crippen molar-refractivity contribution in [2.75, 3.05) is 19.0 Å². The monoisotopic (exact) mass is 235 g/mol. The van der Waals surface area contributed by atoms with E-state index in [2.05, 4.69) is 32.6 Å². The SMILES string of the molecule is CCCNc1nc(-c2ccc(OC)nn2)no1. The highest BCUT2D eigenvalue weighted by Crippen LogP contribution is 2.15. The summed E-state index contributed by atoms with van der Waals surface area (Å²) in [5.74, 6) is 0.848. The Bertz CT molecular complexity index is 468. The van der Waals surface area contributed by atoms with E-state index < -0.39 is 0 Å². The van der Waals surface area contributed by atoms with Crippen LogP contribution in [0.25, 0.3) is 11.5 Å². The molecule has 0 aliphatic heterocycles. The Morgan fingerprint density at radius 2 is 2.24 bits per heavy atom. The van der Waals surface area contributed by atoms with Crippen LogP contribution in [0.2, 0.25) is 0 Å². The van der Waals surface area contributed by atoms with Gasteiger partial charge in [-0.2, -0.15) is 4.98 Å². The fourth-order valence-electron chi connectivity index (χ4n) is 1.18. The summed E-state index contributed by atoms with van der Waals surface area (Å²) in [7, 11) is 1.53. The average Bonchev–Trinajstić information content (AvgIpc) is 2.85. The summed E-state index contributed by atoms with van der Waals surface area (Å²) >= 11 is 0. The lowest BCUT2D eigenvalue weighted by atomic mass is 10.4. The molecule has 2 rings (SSSR count). The second-order valence-corrected chi connectivity index (χ2v) is 3.31. The quantitative estimate of drug-likeness (QED) is 0.837. The Kier molecular flexibility index (Phi) is 3.49. The molecule has 0 amide bonds. The van der Waals surface area contributed by atoms with Gasteiger partial charge in [-0.1, -0.05) is 12.1 Å². The van der Waals surface area contributed by atoms with Gasteiger partial charge in [-0.25, -0.2) is 0 Å². The molecular weight excluding hydrogens is 222 g/mol. The van der Waals surface area contributed by atoms with Crippen LogP contribution < -0.4 is 10.1 Å². The first kappa shape index (κ1) is 11.3. The van der Waals surface area contributed by atoms with Crippen LogP contribution in [0.15, 0.2) is 16.7 Å². The van der Waals surface area contributed by atoms with Crippen molar-refractivity contribution in [1.29, 1.82) is 0 Å². The van der Waals surface area contributed by atoms with Crippen molar-refractivity contribution in [1.82, 2.24) is 20.3 Å². The van der Waals surface area contributed by atoms with E-state index in [1.165, 1.54) is 7.11 Å². The smallest absolute Gasteiger partial charge is 0.321 e. The van der Waals surface area contributed by atoms with Gasteiger partial charge in [0.25, 0.3) is 0 Å². The average molecular weight is 235 g/mol. The first-order chi connectivity index (χ1) is 8.33. The third-order valence-corrected chi connectivity index (χ3v) is 2.03. The van der Waals surface area contributed by atoms with E-state index in [4.69, 9.17) is 9.26 Å². The molecule has 0 bridgehead atoms. The molecular formula is C10H13N5O2. The summed E-state index contributed by atoms with van der Waals surface area (Å²) in [5, 5.41) is 14.6. The van der Waals surface area contributed by atoms with Crippen molar-refractivity contribution in [3.05, 3.63) is 12.1 Å². The number of nitrogens with one attached hydrogen (secondary N) is 1. The van der Waals surface area contributed by atoms with Gasteiger partial charge >= 0.3 is 6.01 Å². The summed E-state index contributed by atoms with van der Waals surface area (Å²) in [6, 6.07) is 3.80. The topological polar surface area (TPSA) is 86.0 Å². The lowest BCUT2D eigenvalue weighted by Gasteiger charge is -1.96. The van der Waals surface area contributed by atoms with Crippen LogP contribution in [0.5, 0.6) is 5.88 Å². The van der Waals surface area contributed by atoms with Gasteiger partial charge in [0.05, 0.1) is 7.11 Å². The van der Waals surface area contributed by atoms with Crippen molar-refractivity contribution < 1.29 is 9.26 Å². The highest BCUT2D eigenvalue weighted by molar-refractivity contribution is 5.49. The van der Waals surface area contributed by atoms with Crippen LogP contribution in [-0.2, 0) is 0 Å². The molecule has 2 heterocycles. The van der Waals surface area contributed by atoms with Crippen molar-refractivity contribution >= 4 is 6.01 Å². The zero-order valence-corrected chi connectivity index (χ0v) is 9.67. The molecule has 0 spiro atoms. The highest BCUT2D eigenvalue weighted by atomic mass is 16.5. The molecule has 90 valence electrons. The van der Waals surface area contributed by atoms with Crippen LogP contribution in [0.3, 0.4) is 0 Å². The first-order valence-electron chi connectivity index (χ1n) is 5.29. The van der Waals surface area contributed by atoms with Crippen molar-refractivity contribution in [3.63, 3.8) is 0 Å². The Morgan fingerprint density at radius 3 is 2.88 bits per heavy atom. The van der Waals surface area contributed by atoms with E-state index in [1.807, 2.05) is 0 Å². The second kappa shape index (κ2) is 5.24. The molecule has 7 heteroatoms. The molecule has 0 radical (unpaired) electrons. The predicted octanol–water partition coefficient (Wildman–Crippen LogP) is 1.36. The second-order valence-electron chi connectivity index (χ2n) is 3.31. The zero-order chi connectivity index (χ0) is 12.1. The Balaban J connectivity index is 2.12. The number of hydrogen-bond acceptors (Lipinski definition) is 7. The maximum atomic E-state index is 5.01. The molecule has 0 aliphatic carbocycles. The molecule has 2 aromatic heterocycles.